The zero-order chi connectivity index (χ0) is 22.4. The SMILES string of the molecule is O=C(CCCN1C(=O)C(=CC=Cc2ccccc2)SC1=S)Nc1cc(Cl)c(Cl)cc1Cl. The van der Waals surface area contributed by atoms with Crippen molar-refractivity contribution in [2.75, 3.05) is 11.9 Å². The highest BCUT2D eigenvalue weighted by atomic mass is 35.5. The summed E-state index contributed by atoms with van der Waals surface area (Å²) >= 11 is 24.5. The van der Waals surface area contributed by atoms with Crippen LogP contribution in [0.1, 0.15) is 18.4 Å². The van der Waals surface area contributed by atoms with Crippen LogP contribution in [-0.2, 0) is 9.59 Å². The number of halogens is 3. The molecule has 160 valence electrons. The predicted octanol–water partition coefficient (Wildman–Crippen LogP) is 6.82. The highest BCUT2D eigenvalue weighted by Gasteiger charge is 2.31. The number of nitrogens with one attached hydrogen (secondary N) is 1. The van der Waals surface area contributed by atoms with Crippen LogP contribution in [0.15, 0.2) is 59.5 Å². The summed E-state index contributed by atoms with van der Waals surface area (Å²) in [6.45, 7) is 0.354. The van der Waals surface area contributed by atoms with Gasteiger partial charge in [-0.25, -0.2) is 0 Å². The third-order valence-electron chi connectivity index (χ3n) is 4.28. The molecule has 2 amide bonds. The highest BCUT2D eigenvalue weighted by Crippen LogP contribution is 2.33. The van der Waals surface area contributed by atoms with Crippen molar-refractivity contribution in [1.82, 2.24) is 4.90 Å². The second kappa shape index (κ2) is 11.2. The van der Waals surface area contributed by atoms with Gasteiger partial charge >= 0.3 is 0 Å². The first-order valence-electron chi connectivity index (χ1n) is 9.26. The second-order valence-electron chi connectivity index (χ2n) is 6.52. The Kier molecular flexibility index (Phi) is 8.58. The summed E-state index contributed by atoms with van der Waals surface area (Å²) in [7, 11) is 0. The first-order valence-corrected chi connectivity index (χ1v) is 11.6. The third-order valence-corrected chi connectivity index (χ3v) is 6.71. The standard InChI is InChI=1S/C22H17Cl3N2O2S2/c23-15-12-17(25)18(13-16(15)24)26-20(28)10-5-11-27-21(29)19(31-22(27)30)9-4-8-14-6-2-1-3-7-14/h1-4,6-9,12-13H,5,10-11H2,(H,26,28). The quantitative estimate of drug-likeness (QED) is 0.252. The zero-order valence-corrected chi connectivity index (χ0v) is 20.0. The average molecular weight is 512 g/mol. The lowest BCUT2D eigenvalue weighted by Crippen LogP contribution is -2.29. The fourth-order valence-electron chi connectivity index (χ4n) is 2.75. The Balaban J connectivity index is 1.51. The maximum absolute atomic E-state index is 12.6. The first kappa shape index (κ1) is 23.8. The Hall–Kier alpha value is -1.83. The van der Waals surface area contributed by atoms with Gasteiger partial charge in [0.2, 0.25) is 5.91 Å². The predicted molar refractivity (Wildman–Crippen MR) is 135 cm³/mol. The van der Waals surface area contributed by atoms with Crippen LogP contribution in [-0.4, -0.2) is 27.6 Å². The summed E-state index contributed by atoms with van der Waals surface area (Å²) in [6.07, 6.45) is 6.15. The number of allylic oxidation sites excluding steroid dienone is 2. The highest BCUT2D eigenvalue weighted by molar-refractivity contribution is 8.26. The molecule has 1 N–H and O–H groups in total. The molecule has 31 heavy (non-hydrogen) atoms. The van der Waals surface area contributed by atoms with Crippen molar-refractivity contribution in [2.45, 2.75) is 12.8 Å². The lowest BCUT2D eigenvalue weighted by atomic mass is 10.2. The average Bonchev–Trinajstić information content (AvgIpc) is 3.00. The number of nitrogens with zero attached hydrogens (tertiary/aromatic N) is 1. The summed E-state index contributed by atoms with van der Waals surface area (Å²) in [5.41, 5.74) is 1.43. The molecule has 9 heteroatoms. The van der Waals surface area contributed by atoms with Gasteiger partial charge in [-0.1, -0.05) is 101 Å². The van der Waals surface area contributed by atoms with Crippen LogP contribution in [0.5, 0.6) is 0 Å². The van der Waals surface area contributed by atoms with Gasteiger partial charge in [0.1, 0.15) is 4.32 Å². The van der Waals surface area contributed by atoms with Crippen molar-refractivity contribution >= 4 is 86.7 Å². The molecule has 2 aromatic rings. The molecule has 0 aromatic heterocycles. The minimum Gasteiger partial charge on any atom is -0.325 e. The van der Waals surface area contributed by atoms with Gasteiger partial charge in [-0.15, -0.1) is 0 Å². The van der Waals surface area contributed by atoms with E-state index in [0.717, 1.165) is 5.56 Å². The molecule has 1 heterocycles. The molecule has 1 aliphatic rings. The minimum absolute atomic E-state index is 0.152. The number of amides is 2. The Morgan fingerprint density at radius 2 is 1.81 bits per heavy atom. The van der Waals surface area contributed by atoms with Crippen molar-refractivity contribution in [2.24, 2.45) is 0 Å². The molecule has 0 spiro atoms. The fourth-order valence-corrected chi connectivity index (χ4v) is 4.60. The smallest absolute Gasteiger partial charge is 0.266 e. The maximum atomic E-state index is 12.6. The van der Waals surface area contributed by atoms with Crippen molar-refractivity contribution in [3.8, 4) is 0 Å². The Labute approximate surface area is 205 Å². The van der Waals surface area contributed by atoms with Crippen molar-refractivity contribution in [3.63, 3.8) is 0 Å². The molecule has 0 unspecified atom stereocenters. The number of benzene rings is 2. The fraction of sp³-hybridized carbons (Fsp3) is 0.136. The molecule has 1 aliphatic heterocycles. The van der Waals surface area contributed by atoms with Crippen LogP contribution < -0.4 is 5.32 Å². The lowest BCUT2D eigenvalue weighted by molar-refractivity contribution is -0.122. The number of hydrogen-bond acceptors (Lipinski definition) is 4. The van der Waals surface area contributed by atoms with E-state index in [1.807, 2.05) is 42.5 Å². The molecular weight excluding hydrogens is 495 g/mol. The van der Waals surface area contributed by atoms with E-state index in [4.69, 9.17) is 47.0 Å². The minimum atomic E-state index is -0.243. The monoisotopic (exact) mass is 510 g/mol. The molecule has 0 radical (unpaired) electrons. The topological polar surface area (TPSA) is 49.4 Å². The Morgan fingerprint density at radius 3 is 2.55 bits per heavy atom. The number of thioether (sulfide) groups is 1. The van der Waals surface area contributed by atoms with Crippen LogP contribution in [0.25, 0.3) is 6.08 Å². The molecule has 1 fully saturated rings. The third kappa shape index (κ3) is 6.57. The van der Waals surface area contributed by atoms with Gasteiger partial charge in [0.25, 0.3) is 5.91 Å². The molecule has 0 bridgehead atoms. The lowest BCUT2D eigenvalue weighted by Gasteiger charge is -2.14. The summed E-state index contributed by atoms with van der Waals surface area (Å²) in [5, 5.41) is 3.61. The molecule has 2 aromatic carbocycles. The van der Waals surface area contributed by atoms with Gasteiger partial charge in [-0.2, -0.15) is 0 Å². The Morgan fingerprint density at radius 1 is 1.10 bits per heavy atom. The molecule has 0 saturated carbocycles. The van der Waals surface area contributed by atoms with Crippen LogP contribution in [0.2, 0.25) is 15.1 Å². The number of carbonyl (C=O) groups excluding carboxylic acids is 2. The summed E-state index contributed by atoms with van der Waals surface area (Å²) in [4.78, 5) is 26.9. The van der Waals surface area contributed by atoms with Gasteiger partial charge in [-0.05, 0) is 30.2 Å². The van der Waals surface area contributed by atoms with Crippen LogP contribution in [0, 0.1) is 0 Å². The molecule has 0 aliphatic carbocycles. The number of rotatable bonds is 7. The second-order valence-corrected chi connectivity index (χ2v) is 9.42. The summed E-state index contributed by atoms with van der Waals surface area (Å²) in [6, 6.07) is 12.8. The number of carbonyl (C=O) groups is 2. The van der Waals surface area contributed by atoms with Crippen molar-refractivity contribution in [1.29, 1.82) is 0 Å². The van der Waals surface area contributed by atoms with E-state index in [2.05, 4.69) is 5.32 Å². The van der Waals surface area contributed by atoms with Crippen LogP contribution in [0.3, 0.4) is 0 Å². The van der Waals surface area contributed by atoms with Crippen molar-refractivity contribution < 1.29 is 9.59 Å². The van der Waals surface area contributed by atoms with Gasteiger partial charge in [0.15, 0.2) is 0 Å². The maximum Gasteiger partial charge on any atom is 0.266 e. The van der Waals surface area contributed by atoms with Gasteiger partial charge < -0.3 is 5.32 Å². The van der Waals surface area contributed by atoms with E-state index in [-0.39, 0.29) is 18.2 Å². The van der Waals surface area contributed by atoms with E-state index in [9.17, 15) is 9.59 Å². The Bertz CT molecular complexity index is 1070. The number of anilines is 1. The van der Waals surface area contributed by atoms with E-state index >= 15 is 0 Å². The van der Waals surface area contributed by atoms with Crippen molar-refractivity contribution in [3.05, 3.63) is 80.2 Å². The normalized spacial score (nSPS) is 15.3. The summed E-state index contributed by atoms with van der Waals surface area (Å²) < 4.78 is 0.484. The van der Waals surface area contributed by atoms with Gasteiger partial charge in [-0.3, -0.25) is 14.5 Å². The zero-order valence-electron chi connectivity index (χ0n) is 16.1. The first-order chi connectivity index (χ1) is 14.8. The van der Waals surface area contributed by atoms with E-state index < -0.39 is 0 Å². The van der Waals surface area contributed by atoms with Gasteiger partial charge in [0.05, 0.1) is 25.7 Å². The van der Waals surface area contributed by atoms with Gasteiger partial charge in [0, 0.05) is 13.0 Å². The summed E-state index contributed by atoms with van der Waals surface area (Å²) in [5.74, 6) is -0.396. The van der Waals surface area contributed by atoms with Crippen LogP contribution >= 0.6 is 58.8 Å². The van der Waals surface area contributed by atoms with E-state index in [1.54, 1.807) is 6.08 Å². The largest absolute Gasteiger partial charge is 0.325 e. The van der Waals surface area contributed by atoms with E-state index in [1.165, 1.54) is 28.8 Å². The molecule has 4 nitrogen and oxygen atoms in total. The molecule has 0 atom stereocenters. The van der Waals surface area contributed by atoms with E-state index in [0.29, 0.717) is 42.9 Å². The molecular formula is C22H17Cl3N2O2S2. The van der Waals surface area contributed by atoms with Crippen LogP contribution in [0.4, 0.5) is 5.69 Å². The number of thiocarbonyl (C=S) groups is 1. The molecule has 1 saturated heterocycles. The molecule has 3 rings (SSSR count). The number of hydrogen-bond donors (Lipinski definition) is 1.